The summed E-state index contributed by atoms with van der Waals surface area (Å²) in [7, 11) is 0. The quantitative estimate of drug-likeness (QED) is 0.167. The van der Waals surface area contributed by atoms with Crippen LogP contribution in [0.5, 0.6) is 0 Å². The van der Waals surface area contributed by atoms with Gasteiger partial charge in [-0.25, -0.2) is 0 Å². The molecule has 2 nitrogen and oxygen atoms in total. The molecule has 1 aromatic heterocycles. The van der Waals surface area contributed by atoms with Gasteiger partial charge < -0.3 is 0 Å². The summed E-state index contributed by atoms with van der Waals surface area (Å²) < 4.78 is 1.94. The summed E-state index contributed by atoms with van der Waals surface area (Å²) in [6.45, 7) is 0. The van der Waals surface area contributed by atoms with Crippen molar-refractivity contribution >= 4 is 43.2 Å². The van der Waals surface area contributed by atoms with Crippen molar-refractivity contribution in [2.24, 2.45) is 0 Å². The van der Waals surface area contributed by atoms with E-state index >= 15 is 0 Å². The first-order valence-corrected chi connectivity index (χ1v) is 13.9. The van der Waals surface area contributed by atoms with Crippen LogP contribution in [0.15, 0.2) is 156 Å². The molecule has 0 fully saturated rings. The molecule has 41 heavy (non-hydrogen) atoms. The lowest BCUT2D eigenvalue weighted by molar-refractivity contribution is 1.08. The molecule has 0 aliphatic carbocycles. The zero-order chi connectivity index (χ0) is 27.3. The van der Waals surface area contributed by atoms with Crippen molar-refractivity contribution in [3.8, 4) is 27.9 Å². The fourth-order valence-electron chi connectivity index (χ4n) is 6.37. The molecule has 0 N–H and O–H groups in total. The van der Waals surface area contributed by atoms with E-state index in [2.05, 4.69) is 115 Å². The van der Waals surface area contributed by atoms with E-state index in [0.717, 1.165) is 60.2 Å². The summed E-state index contributed by atoms with van der Waals surface area (Å²) in [6, 6.07) is 52.3. The molecule has 0 unspecified atom stereocenters. The molecule has 0 saturated heterocycles. The van der Waals surface area contributed by atoms with Gasteiger partial charge in [-0.1, -0.05) is 133 Å². The Kier molecular flexibility index (Phi) is 5.33. The van der Waals surface area contributed by atoms with Crippen LogP contribution in [0.3, 0.4) is 0 Å². The Morgan fingerprint density at radius 3 is 1.51 bits per heavy atom. The van der Waals surface area contributed by atoms with E-state index in [1.165, 1.54) is 5.56 Å². The summed E-state index contributed by atoms with van der Waals surface area (Å²) in [5.74, 6) is 0. The molecule has 0 aliphatic rings. The fraction of sp³-hybridized carbons (Fsp3) is 0. The largest absolute Gasteiger partial charge is 0.275 e. The van der Waals surface area contributed by atoms with E-state index in [1.54, 1.807) is 0 Å². The number of hydrogen-bond acceptors (Lipinski definition) is 1. The highest BCUT2D eigenvalue weighted by Crippen LogP contribution is 2.41. The first kappa shape index (κ1) is 23.4. The van der Waals surface area contributed by atoms with Crippen LogP contribution in [0.2, 0.25) is 0 Å². The van der Waals surface area contributed by atoms with Gasteiger partial charge in [-0.3, -0.25) is 9.36 Å². The molecule has 1 heterocycles. The Morgan fingerprint density at radius 1 is 0.366 bits per heavy atom. The third kappa shape index (κ3) is 3.62. The predicted molar refractivity (Wildman–Crippen MR) is 173 cm³/mol. The van der Waals surface area contributed by atoms with Crippen molar-refractivity contribution in [1.82, 2.24) is 4.57 Å². The fourth-order valence-corrected chi connectivity index (χ4v) is 6.37. The molecule has 192 valence electrons. The van der Waals surface area contributed by atoms with Gasteiger partial charge in [-0.05, 0) is 56.6 Å². The second-order valence-electron chi connectivity index (χ2n) is 10.5. The van der Waals surface area contributed by atoms with Crippen LogP contribution >= 0.6 is 0 Å². The molecule has 8 aromatic rings. The molecule has 0 bridgehead atoms. The highest BCUT2D eigenvalue weighted by molar-refractivity contribution is 6.19. The average Bonchev–Trinajstić information content (AvgIpc) is 3.05. The van der Waals surface area contributed by atoms with Gasteiger partial charge in [0.25, 0.3) is 5.56 Å². The number of rotatable bonds is 3. The maximum Gasteiger partial charge on any atom is 0.263 e. The second kappa shape index (κ2) is 9.32. The van der Waals surface area contributed by atoms with Gasteiger partial charge >= 0.3 is 0 Å². The van der Waals surface area contributed by atoms with Crippen LogP contribution < -0.4 is 5.56 Å². The van der Waals surface area contributed by atoms with Gasteiger partial charge in [0, 0.05) is 21.5 Å². The van der Waals surface area contributed by atoms with Gasteiger partial charge in [0.05, 0.1) is 11.2 Å². The Morgan fingerprint density at radius 2 is 0.878 bits per heavy atom. The molecule has 2 heteroatoms. The van der Waals surface area contributed by atoms with E-state index < -0.39 is 0 Å². The number of benzene rings is 7. The van der Waals surface area contributed by atoms with Crippen LogP contribution in [-0.2, 0) is 0 Å². The molecule has 0 aliphatic heterocycles. The second-order valence-corrected chi connectivity index (χ2v) is 10.5. The van der Waals surface area contributed by atoms with Crippen LogP contribution in [0.4, 0.5) is 0 Å². The van der Waals surface area contributed by atoms with Crippen LogP contribution in [0, 0.1) is 0 Å². The van der Waals surface area contributed by atoms with Crippen molar-refractivity contribution < 1.29 is 0 Å². The summed E-state index contributed by atoms with van der Waals surface area (Å²) in [4.78, 5) is 14.6. The molecule has 0 amide bonds. The van der Waals surface area contributed by atoms with Crippen molar-refractivity contribution in [3.05, 3.63) is 162 Å². The number of para-hydroxylation sites is 1. The van der Waals surface area contributed by atoms with Crippen LogP contribution in [0.1, 0.15) is 0 Å². The Labute approximate surface area is 237 Å². The number of fused-ring (bicyclic) bond motifs is 5. The SMILES string of the molecule is O=c1c2ccc(-c3ccccc3)cc2c2ccccc2n1-c1c2ccccc2c(-c2ccccc2)c2ccccc12. The lowest BCUT2D eigenvalue weighted by Gasteiger charge is -2.21. The van der Waals surface area contributed by atoms with Crippen LogP contribution in [-0.4, -0.2) is 4.57 Å². The van der Waals surface area contributed by atoms with Gasteiger partial charge in [-0.15, -0.1) is 0 Å². The van der Waals surface area contributed by atoms with E-state index in [0.29, 0.717) is 5.39 Å². The Bertz CT molecular complexity index is 2260. The topological polar surface area (TPSA) is 22.0 Å². The molecule has 0 atom stereocenters. The number of hydrogen-bond donors (Lipinski definition) is 0. The number of pyridine rings is 1. The third-order valence-corrected chi connectivity index (χ3v) is 8.18. The third-order valence-electron chi connectivity index (χ3n) is 8.18. The van der Waals surface area contributed by atoms with Crippen molar-refractivity contribution in [1.29, 1.82) is 0 Å². The number of aromatic nitrogens is 1. The van der Waals surface area contributed by atoms with Gasteiger partial charge in [-0.2, -0.15) is 0 Å². The Hall–Kier alpha value is -5.47. The van der Waals surface area contributed by atoms with Crippen molar-refractivity contribution in [2.75, 3.05) is 0 Å². The Balaban J connectivity index is 1.54. The van der Waals surface area contributed by atoms with E-state index in [-0.39, 0.29) is 5.56 Å². The van der Waals surface area contributed by atoms with Crippen molar-refractivity contribution in [2.45, 2.75) is 0 Å². The lowest BCUT2D eigenvalue weighted by Crippen LogP contribution is -2.20. The molecule has 0 saturated carbocycles. The summed E-state index contributed by atoms with van der Waals surface area (Å²) >= 11 is 0. The van der Waals surface area contributed by atoms with Gasteiger partial charge in [0.15, 0.2) is 0 Å². The summed E-state index contributed by atoms with van der Waals surface area (Å²) in [5, 5.41) is 7.10. The minimum atomic E-state index is -0.0129. The highest BCUT2D eigenvalue weighted by atomic mass is 16.1. The maximum absolute atomic E-state index is 14.6. The summed E-state index contributed by atoms with van der Waals surface area (Å²) in [5.41, 5.74) is 6.40. The molecular weight excluding hydrogens is 498 g/mol. The first-order chi connectivity index (χ1) is 20.3. The normalized spacial score (nSPS) is 11.5. The predicted octanol–water partition coefficient (Wildman–Crippen LogP) is 9.78. The number of nitrogens with zero attached hydrogens (tertiary/aromatic N) is 1. The highest BCUT2D eigenvalue weighted by Gasteiger charge is 2.20. The minimum Gasteiger partial charge on any atom is -0.275 e. The smallest absolute Gasteiger partial charge is 0.263 e. The monoisotopic (exact) mass is 523 g/mol. The minimum absolute atomic E-state index is 0.0129. The molecule has 0 spiro atoms. The van der Waals surface area contributed by atoms with Crippen molar-refractivity contribution in [3.63, 3.8) is 0 Å². The van der Waals surface area contributed by atoms with E-state index in [9.17, 15) is 4.79 Å². The average molecular weight is 524 g/mol. The molecule has 8 rings (SSSR count). The zero-order valence-electron chi connectivity index (χ0n) is 22.3. The van der Waals surface area contributed by atoms with Gasteiger partial charge in [0.2, 0.25) is 0 Å². The van der Waals surface area contributed by atoms with E-state index in [4.69, 9.17) is 0 Å². The first-order valence-electron chi connectivity index (χ1n) is 13.9. The van der Waals surface area contributed by atoms with E-state index in [1.807, 2.05) is 41.0 Å². The standard InChI is InChI=1S/C39H25NO/c41-39-34-24-23-28(26-13-3-1-4-14-26)25-35(34)29-17-11-12-22-36(29)40(39)38-32-20-9-7-18-30(32)37(27-15-5-2-6-16-27)31-19-8-10-21-33(31)38/h1-25H. The van der Waals surface area contributed by atoms with Gasteiger partial charge in [0.1, 0.15) is 0 Å². The molecular formula is C39H25NO. The lowest BCUT2D eigenvalue weighted by atomic mass is 9.90. The molecule has 0 radical (unpaired) electrons. The van der Waals surface area contributed by atoms with Crippen LogP contribution in [0.25, 0.3) is 71.2 Å². The summed E-state index contributed by atoms with van der Waals surface area (Å²) in [6.07, 6.45) is 0. The zero-order valence-corrected chi connectivity index (χ0v) is 22.3. The maximum atomic E-state index is 14.6. The molecule has 7 aromatic carbocycles.